The van der Waals surface area contributed by atoms with Crippen LogP contribution in [0.25, 0.3) is 0 Å². The van der Waals surface area contributed by atoms with Gasteiger partial charge in [0.1, 0.15) is 0 Å². The zero-order valence-corrected chi connectivity index (χ0v) is 11.0. The van der Waals surface area contributed by atoms with E-state index in [1.165, 1.54) is 0 Å². The smallest absolute Gasteiger partial charge is 0.207 e. The number of benzene rings is 1. The number of hydrogen-bond acceptors (Lipinski definition) is 2. The Morgan fingerprint density at radius 3 is 2.82 bits per heavy atom. The highest BCUT2D eigenvalue weighted by molar-refractivity contribution is 6.31. The summed E-state index contributed by atoms with van der Waals surface area (Å²) in [4.78, 5) is 4.31. The summed E-state index contributed by atoms with van der Waals surface area (Å²) in [6.45, 7) is 6.24. The van der Waals surface area contributed by atoms with Crippen molar-refractivity contribution in [3.63, 3.8) is 0 Å². The van der Waals surface area contributed by atoms with Crippen LogP contribution in [0, 0.1) is 6.92 Å². The molecule has 2 aromatic rings. The molecule has 0 saturated heterocycles. The predicted molar refractivity (Wildman–Crippen MR) is 72.1 cm³/mol. The molecule has 0 amide bonds. The normalized spacial score (nSPS) is 10.9. The predicted octanol–water partition coefficient (Wildman–Crippen LogP) is 4.17. The number of imidazole rings is 1. The Morgan fingerprint density at radius 2 is 2.12 bits per heavy atom. The van der Waals surface area contributed by atoms with Crippen LogP contribution in [0.5, 0.6) is 0 Å². The molecule has 0 atom stereocenters. The van der Waals surface area contributed by atoms with Crippen molar-refractivity contribution in [3.8, 4) is 0 Å². The molecule has 0 aliphatic heterocycles. The maximum Gasteiger partial charge on any atom is 0.207 e. The van der Waals surface area contributed by atoms with E-state index < -0.39 is 0 Å². The second kappa shape index (κ2) is 4.80. The highest BCUT2D eigenvalue weighted by Crippen LogP contribution is 2.26. The molecule has 1 aromatic heterocycles. The van der Waals surface area contributed by atoms with E-state index in [4.69, 9.17) is 11.6 Å². The van der Waals surface area contributed by atoms with Crippen molar-refractivity contribution in [3.05, 3.63) is 41.2 Å². The van der Waals surface area contributed by atoms with Crippen LogP contribution in [0.3, 0.4) is 0 Å². The summed E-state index contributed by atoms with van der Waals surface area (Å²) >= 11 is 6.09. The van der Waals surface area contributed by atoms with Gasteiger partial charge in [-0.1, -0.05) is 17.7 Å². The van der Waals surface area contributed by atoms with Gasteiger partial charge >= 0.3 is 0 Å². The van der Waals surface area contributed by atoms with Gasteiger partial charge in [0.05, 0.1) is 0 Å². The van der Waals surface area contributed by atoms with Gasteiger partial charge in [0.15, 0.2) is 0 Å². The van der Waals surface area contributed by atoms with Crippen LogP contribution in [-0.4, -0.2) is 9.55 Å². The highest BCUT2D eigenvalue weighted by atomic mass is 35.5. The lowest BCUT2D eigenvalue weighted by atomic mass is 10.2. The number of aromatic nitrogens is 2. The molecule has 1 aromatic carbocycles. The molecule has 1 heterocycles. The number of rotatable bonds is 3. The Hall–Kier alpha value is -1.48. The molecule has 0 aliphatic rings. The average Bonchev–Trinajstić information content (AvgIpc) is 2.73. The van der Waals surface area contributed by atoms with Crippen molar-refractivity contribution >= 4 is 23.2 Å². The Labute approximate surface area is 106 Å². The zero-order chi connectivity index (χ0) is 12.4. The summed E-state index contributed by atoms with van der Waals surface area (Å²) < 4.78 is 2.08. The fraction of sp³-hybridized carbons (Fsp3) is 0.308. The van der Waals surface area contributed by atoms with Gasteiger partial charge in [-0.05, 0) is 38.5 Å². The van der Waals surface area contributed by atoms with Crippen LogP contribution in [0.1, 0.15) is 25.5 Å². The van der Waals surface area contributed by atoms with Gasteiger partial charge in [0.25, 0.3) is 0 Å². The number of hydrogen-bond donors (Lipinski definition) is 1. The Bertz CT molecular complexity index is 517. The van der Waals surface area contributed by atoms with Crippen LogP contribution in [0.4, 0.5) is 11.6 Å². The molecule has 0 bridgehead atoms. The molecule has 2 rings (SSSR count). The minimum atomic E-state index is 0.375. The first-order chi connectivity index (χ1) is 8.09. The topological polar surface area (TPSA) is 29.9 Å². The molecule has 17 heavy (non-hydrogen) atoms. The van der Waals surface area contributed by atoms with E-state index in [9.17, 15) is 0 Å². The van der Waals surface area contributed by atoms with Crippen LogP contribution in [0.15, 0.2) is 30.6 Å². The van der Waals surface area contributed by atoms with Crippen molar-refractivity contribution in [2.24, 2.45) is 0 Å². The van der Waals surface area contributed by atoms with E-state index in [1.807, 2.05) is 31.3 Å². The minimum Gasteiger partial charge on any atom is -0.325 e. The minimum absolute atomic E-state index is 0.375. The van der Waals surface area contributed by atoms with Crippen LogP contribution < -0.4 is 5.32 Å². The van der Waals surface area contributed by atoms with Gasteiger partial charge in [-0.3, -0.25) is 0 Å². The van der Waals surface area contributed by atoms with Gasteiger partial charge in [0.2, 0.25) is 5.95 Å². The van der Waals surface area contributed by atoms with E-state index in [-0.39, 0.29) is 0 Å². The Morgan fingerprint density at radius 1 is 1.35 bits per heavy atom. The summed E-state index contributed by atoms with van der Waals surface area (Å²) in [5.41, 5.74) is 2.03. The Kier molecular flexibility index (Phi) is 3.38. The van der Waals surface area contributed by atoms with Gasteiger partial charge in [0, 0.05) is 29.1 Å². The fourth-order valence-electron chi connectivity index (χ4n) is 1.69. The maximum absolute atomic E-state index is 6.09. The fourth-order valence-corrected chi connectivity index (χ4v) is 1.86. The second-order valence-corrected chi connectivity index (χ2v) is 4.70. The first-order valence-corrected chi connectivity index (χ1v) is 6.02. The standard InChI is InChI=1S/C13H16ClN3/c1-9(2)17-8-7-15-13(17)16-12-6-4-5-11(14)10(12)3/h4-9H,1-3H3,(H,15,16). The largest absolute Gasteiger partial charge is 0.325 e. The zero-order valence-electron chi connectivity index (χ0n) is 10.2. The lowest BCUT2D eigenvalue weighted by Gasteiger charge is -2.14. The molecular weight excluding hydrogens is 234 g/mol. The lowest BCUT2D eigenvalue weighted by Crippen LogP contribution is -2.05. The summed E-state index contributed by atoms with van der Waals surface area (Å²) in [5.74, 6) is 0.838. The van der Waals surface area contributed by atoms with E-state index in [0.717, 1.165) is 22.2 Å². The molecule has 0 radical (unpaired) electrons. The van der Waals surface area contributed by atoms with Gasteiger partial charge < -0.3 is 9.88 Å². The van der Waals surface area contributed by atoms with E-state index in [1.54, 1.807) is 6.20 Å². The van der Waals surface area contributed by atoms with E-state index in [2.05, 4.69) is 28.7 Å². The molecule has 3 nitrogen and oxygen atoms in total. The molecule has 0 aliphatic carbocycles. The van der Waals surface area contributed by atoms with Crippen molar-refractivity contribution in [1.29, 1.82) is 0 Å². The lowest BCUT2D eigenvalue weighted by molar-refractivity contribution is 0.608. The molecule has 0 spiro atoms. The number of nitrogens with zero attached hydrogens (tertiary/aromatic N) is 2. The number of halogens is 1. The quantitative estimate of drug-likeness (QED) is 0.885. The molecular formula is C13H16ClN3. The summed E-state index contributed by atoms with van der Waals surface area (Å²) in [5, 5.41) is 4.07. The van der Waals surface area contributed by atoms with Crippen LogP contribution in [-0.2, 0) is 0 Å². The average molecular weight is 250 g/mol. The van der Waals surface area contributed by atoms with Crippen LogP contribution >= 0.6 is 11.6 Å². The maximum atomic E-state index is 6.09. The summed E-state index contributed by atoms with van der Waals surface area (Å²) in [7, 11) is 0. The van der Waals surface area contributed by atoms with Crippen molar-refractivity contribution < 1.29 is 0 Å². The van der Waals surface area contributed by atoms with E-state index in [0.29, 0.717) is 6.04 Å². The molecule has 0 fully saturated rings. The van der Waals surface area contributed by atoms with Gasteiger partial charge in [-0.2, -0.15) is 0 Å². The number of anilines is 2. The van der Waals surface area contributed by atoms with Crippen molar-refractivity contribution in [1.82, 2.24) is 9.55 Å². The van der Waals surface area contributed by atoms with Gasteiger partial charge in [-0.25, -0.2) is 4.98 Å². The molecule has 1 N–H and O–H groups in total. The summed E-state index contributed by atoms with van der Waals surface area (Å²) in [6.07, 6.45) is 3.76. The second-order valence-electron chi connectivity index (χ2n) is 4.29. The first-order valence-electron chi connectivity index (χ1n) is 5.64. The first kappa shape index (κ1) is 12.0. The Balaban J connectivity index is 2.32. The molecule has 0 saturated carbocycles. The van der Waals surface area contributed by atoms with Crippen LogP contribution in [0.2, 0.25) is 5.02 Å². The number of nitrogens with one attached hydrogen (secondary N) is 1. The monoisotopic (exact) mass is 249 g/mol. The third kappa shape index (κ3) is 2.44. The third-order valence-electron chi connectivity index (χ3n) is 2.74. The van der Waals surface area contributed by atoms with Crippen molar-refractivity contribution in [2.75, 3.05) is 5.32 Å². The van der Waals surface area contributed by atoms with Gasteiger partial charge in [-0.15, -0.1) is 0 Å². The highest BCUT2D eigenvalue weighted by Gasteiger charge is 2.08. The van der Waals surface area contributed by atoms with E-state index >= 15 is 0 Å². The summed E-state index contributed by atoms with van der Waals surface area (Å²) in [6, 6.07) is 6.19. The SMILES string of the molecule is Cc1c(Cl)cccc1Nc1nccn1C(C)C. The molecule has 0 unspecified atom stereocenters. The molecule has 4 heteroatoms. The molecule has 90 valence electrons. The van der Waals surface area contributed by atoms with Crippen molar-refractivity contribution in [2.45, 2.75) is 26.8 Å². The third-order valence-corrected chi connectivity index (χ3v) is 3.15.